The second-order valence-electron chi connectivity index (χ2n) is 5.70. The Morgan fingerprint density at radius 3 is 2.74 bits per heavy atom. The SMILES string of the molecule is Cc1nc(Nc2nc(N3CCC(C)CC3)ncc2[N+](=O)[O-])n[nH]1. The van der Waals surface area contributed by atoms with Crippen LogP contribution in [-0.4, -0.2) is 43.2 Å². The molecule has 0 saturated carbocycles. The zero-order valence-corrected chi connectivity index (χ0v) is 13.0. The zero-order valence-electron chi connectivity index (χ0n) is 13.0. The molecule has 0 aromatic carbocycles. The first-order valence-electron chi connectivity index (χ1n) is 7.45. The van der Waals surface area contributed by atoms with E-state index in [1.165, 1.54) is 6.20 Å². The van der Waals surface area contributed by atoms with Gasteiger partial charge in [-0.15, -0.1) is 5.10 Å². The first-order valence-corrected chi connectivity index (χ1v) is 7.45. The van der Waals surface area contributed by atoms with E-state index < -0.39 is 4.92 Å². The lowest BCUT2D eigenvalue weighted by molar-refractivity contribution is -0.384. The minimum absolute atomic E-state index is 0.0950. The van der Waals surface area contributed by atoms with Crippen molar-refractivity contribution in [1.29, 1.82) is 0 Å². The molecular formula is C13H18N8O2. The quantitative estimate of drug-likeness (QED) is 0.645. The fraction of sp³-hybridized carbons (Fsp3) is 0.538. The van der Waals surface area contributed by atoms with Crippen LogP contribution in [0.15, 0.2) is 6.20 Å². The summed E-state index contributed by atoms with van der Waals surface area (Å²) in [6.07, 6.45) is 3.34. The molecular weight excluding hydrogens is 300 g/mol. The highest BCUT2D eigenvalue weighted by atomic mass is 16.6. The molecule has 0 spiro atoms. The summed E-state index contributed by atoms with van der Waals surface area (Å²) in [6.45, 7) is 5.65. The highest BCUT2D eigenvalue weighted by Crippen LogP contribution is 2.27. The van der Waals surface area contributed by atoms with Gasteiger partial charge in [0, 0.05) is 13.1 Å². The average molecular weight is 318 g/mol. The van der Waals surface area contributed by atoms with Crippen LogP contribution in [0.1, 0.15) is 25.6 Å². The normalized spacial score (nSPS) is 15.7. The molecule has 10 nitrogen and oxygen atoms in total. The number of nitrogens with one attached hydrogen (secondary N) is 2. The number of hydrogen-bond acceptors (Lipinski definition) is 8. The van der Waals surface area contributed by atoms with Crippen LogP contribution in [0, 0.1) is 23.0 Å². The summed E-state index contributed by atoms with van der Waals surface area (Å²) in [7, 11) is 0. The number of anilines is 3. The highest BCUT2D eigenvalue weighted by Gasteiger charge is 2.23. The first kappa shape index (κ1) is 15.1. The van der Waals surface area contributed by atoms with Crippen LogP contribution in [0.3, 0.4) is 0 Å². The summed E-state index contributed by atoms with van der Waals surface area (Å²) in [6, 6.07) is 0. The van der Waals surface area contributed by atoms with Crippen molar-refractivity contribution in [2.24, 2.45) is 5.92 Å². The van der Waals surface area contributed by atoms with Crippen LogP contribution < -0.4 is 10.2 Å². The summed E-state index contributed by atoms with van der Waals surface area (Å²) in [5.74, 6) is 2.10. The fourth-order valence-corrected chi connectivity index (χ4v) is 2.46. The van der Waals surface area contributed by atoms with Crippen LogP contribution in [-0.2, 0) is 0 Å². The van der Waals surface area contributed by atoms with Crippen molar-refractivity contribution in [3.8, 4) is 0 Å². The number of H-pyrrole nitrogens is 1. The van der Waals surface area contributed by atoms with E-state index >= 15 is 0 Å². The van der Waals surface area contributed by atoms with E-state index in [1.54, 1.807) is 6.92 Å². The van der Waals surface area contributed by atoms with Crippen molar-refractivity contribution >= 4 is 23.4 Å². The number of nitrogens with zero attached hydrogens (tertiary/aromatic N) is 6. The monoisotopic (exact) mass is 318 g/mol. The molecule has 1 aliphatic heterocycles. The van der Waals surface area contributed by atoms with Crippen LogP contribution in [0.4, 0.5) is 23.4 Å². The van der Waals surface area contributed by atoms with E-state index in [0.29, 0.717) is 17.7 Å². The third-order valence-corrected chi connectivity index (χ3v) is 3.85. The molecule has 1 fully saturated rings. The van der Waals surface area contributed by atoms with Crippen molar-refractivity contribution in [1.82, 2.24) is 25.1 Å². The third-order valence-electron chi connectivity index (χ3n) is 3.85. The van der Waals surface area contributed by atoms with E-state index in [9.17, 15) is 10.1 Å². The lowest BCUT2D eigenvalue weighted by atomic mass is 10.00. The van der Waals surface area contributed by atoms with Gasteiger partial charge in [-0.05, 0) is 25.7 Å². The van der Waals surface area contributed by atoms with E-state index in [-0.39, 0.29) is 17.5 Å². The number of hydrogen-bond donors (Lipinski definition) is 2. The lowest BCUT2D eigenvalue weighted by Gasteiger charge is -2.30. The molecule has 0 aliphatic carbocycles. The molecule has 0 unspecified atom stereocenters. The van der Waals surface area contributed by atoms with Crippen LogP contribution >= 0.6 is 0 Å². The van der Waals surface area contributed by atoms with Gasteiger partial charge in [-0.1, -0.05) is 6.92 Å². The van der Waals surface area contributed by atoms with E-state index in [1.807, 2.05) is 4.90 Å². The largest absolute Gasteiger partial charge is 0.341 e. The molecule has 3 heterocycles. The fourth-order valence-electron chi connectivity index (χ4n) is 2.46. The minimum Gasteiger partial charge on any atom is -0.341 e. The van der Waals surface area contributed by atoms with Crippen LogP contribution in [0.25, 0.3) is 0 Å². The number of aryl methyl sites for hydroxylation is 1. The minimum atomic E-state index is -0.524. The maximum Gasteiger partial charge on any atom is 0.330 e. The van der Waals surface area contributed by atoms with Crippen molar-refractivity contribution < 1.29 is 4.92 Å². The van der Waals surface area contributed by atoms with Crippen LogP contribution in [0.5, 0.6) is 0 Å². The number of nitro groups is 1. The molecule has 2 N–H and O–H groups in total. The summed E-state index contributed by atoms with van der Waals surface area (Å²) >= 11 is 0. The molecule has 0 bridgehead atoms. The van der Waals surface area contributed by atoms with Gasteiger partial charge in [0.2, 0.25) is 17.7 Å². The molecule has 1 aliphatic rings. The number of aromatic amines is 1. The maximum absolute atomic E-state index is 11.2. The second-order valence-corrected chi connectivity index (χ2v) is 5.70. The Morgan fingerprint density at radius 1 is 1.39 bits per heavy atom. The first-order chi connectivity index (χ1) is 11.0. The van der Waals surface area contributed by atoms with Crippen LogP contribution in [0.2, 0.25) is 0 Å². The van der Waals surface area contributed by atoms with Crippen molar-refractivity contribution in [3.63, 3.8) is 0 Å². The maximum atomic E-state index is 11.2. The summed E-state index contributed by atoms with van der Waals surface area (Å²) in [4.78, 5) is 25.2. The van der Waals surface area contributed by atoms with Gasteiger partial charge in [-0.2, -0.15) is 9.97 Å². The predicted molar refractivity (Wildman–Crippen MR) is 83.7 cm³/mol. The topological polar surface area (TPSA) is 126 Å². The number of rotatable bonds is 4. The summed E-state index contributed by atoms with van der Waals surface area (Å²) in [5, 5.41) is 20.6. The molecule has 23 heavy (non-hydrogen) atoms. The van der Waals surface area contributed by atoms with Crippen molar-refractivity contribution in [3.05, 3.63) is 22.1 Å². The number of piperidine rings is 1. The Morgan fingerprint density at radius 2 is 2.13 bits per heavy atom. The van der Waals surface area contributed by atoms with Gasteiger partial charge in [0.25, 0.3) is 0 Å². The molecule has 10 heteroatoms. The highest BCUT2D eigenvalue weighted by molar-refractivity contribution is 5.62. The van der Waals surface area contributed by atoms with Crippen molar-refractivity contribution in [2.45, 2.75) is 26.7 Å². The molecule has 3 rings (SSSR count). The van der Waals surface area contributed by atoms with Crippen molar-refractivity contribution in [2.75, 3.05) is 23.3 Å². The number of aromatic nitrogens is 5. The second kappa shape index (κ2) is 6.15. The Kier molecular flexibility index (Phi) is 4.04. The standard InChI is InChI=1S/C13H18N8O2/c1-8-3-5-20(6-4-8)13-14-7-10(21(22)23)11(17-13)16-12-15-9(2)18-19-12/h7-8H,3-6H2,1-2H3,(H2,14,15,16,17,18,19). The van der Waals surface area contributed by atoms with E-state index in [4.69, 9.17) is 0 Å². The Bertz CT molecular complexity index is 708. The predicted octanol–water partition coefficient (Wildman–Crippen LogP) is 1.79. The van der Waals surface area contributed by atoms with E-state index in [0.717, 1.165) is 25.9 Å². The Hall–Kier alpha value is -2.78. The van der Waals surface area contributed by atoms with Gasteiger partial charge in [-0.25, -0.2) is 4.98 Å². The van der Waals surface area contributed by atoms with Gasteiger partial charge in [-0.3, -0.25) is 15.2 Å². The van der Waals surface area contributed by atoms with Gasteiger partial charge in [0.15, 0.2) is 0 Å². The zero-order chi connectivity index (χ0) is 16.4. The Balaban J connectivity index is 1.88. The van der Waals surface area contributed by atoms with Gasteiger partial charge in [0.1, 0.15) is 12.0 Å². The summed E-state index contributed by atoms with van der Waals surface area (Å²) in [5.41, 5.74) is -0.207. The molecule has 2 aromatic rings. The smallest absolute Gasteiger partial charge is 0.330 e. The molecule has 0 amide bonds. The molecule has 0 atom stereocenters. The van der Waals surface area contributed by atoms with Gasteiger partial charge in [0.05, 0.1) is 4.92 Å². The molecule has 2 aromatic heterocycles. The average Bonchev–Trinajstić information content (AvgIpc) is 2.93. The molecule has 0 radical (unpaired) electrons. The lowest BCUT2D eigenvalue weighted by Crippen LogP contribution is -2.34. The summed E-state index contributed by atoms with van der Waals surface area (Å²) < 4.78 is 0. The third kappa shape index (κ3) is 3.35. The van der Waals surface area contributed by atoms with Gasteiger partial charge >= 0.3 is 5.69 Å². The molecule has 122 valence electrons. The Labute approximate surface area is 132 Å². The van der Waals surface area contributed by atoms with E-state index in [2.05, 4.69) is 37.4 Å². The molecule has 1 saturated heterocycles. The van der Waals surface area contributed by atoms with Gasteiger partial charge < -0.3 is 10.2 Å².